The summed E-state index contributed by atoms with van der Waals surface area (Å²) in [6.07, 6.45) is 0.122. The lowest BCUT2D eigenvalue weighted by atomic mass is 9.88. The summed E-state index contributed by atoms with van der Waals surface area (Å²) >= 11 is 0. The number of fused-ring (bicyclic) bond motifs is 1. The fraction of sp³-hybridized carbons (Fsp3) is 0.200. The Morgan fingerprint density at radius 2 is 1.56 bits per heavy atom. The highest BCUT2D eigenvalue weighted by Crippen LogP contribution is 2.41. The van der Waals surface area contributed by atoms with Crippen LogP contribution >= 0.6 is 0 Å². The quantitative estimate of drug-likeness (QED) is 0.645. The van der Waals surface area contributed by atoms with Gasteiger partial charge in [0.1, 0.15) is 11.8 Å². The molecule has 1 aliphatic rings. The van der Waals surface area contributed by atoms with E-state index in [9.17, 15) is 9.59 Å². The fourth-order valence-corrected chi connectivity index (χ4v) is 3.88. The fourth-order valence-electron chi connectivity index (χ4n) is 3.88. The molecule has 4 rings (SSSR count). The van der Waals surface area contributed by atoms with Gasteiger partial charge in [0.25, 0.3) is 5.91 Å². The lowest BCUT2D eigenvalue weighted by Gasteiger charge is -2.37. The SMILES string of the molecule is COc1ccc([C@@H]2c3cc(OC)c(OC)cc3CC(=O)N2NC(=O)c2ccccc2)cc1. The molecule has 0 fully saturated rings. The van der Waals surface area contributed by atoms with Crippen molar-refractivity contribution in [3.05, 3.63) is 89.0 Å². The summed E-state index contributed by atoms with van der Waals surface area (Å²) < 4.78 is 16.2. The van der Waals surface area contributed by atoms with E-state index < -0.39 is 6.04 Å². The van der Waals surface area contributed by atoms with E-state index in [4.69, 9.17) is 14.2 Å². The van der Waals surface area contributed by atoms with Crippen LogP contribution in [-0.2, 0) is 11.2 Å². The highest BCUT2D eigenvalue weighted by molar-refractivity contribution is 5.96. The largest absolute Gasteiger partial charge is 0.497 e. The molecule has 0 aliphatic carbocycles. The molecule has 0 radical (unpaired) electrons. The van der Waals surface area contributed by atoms with Crippen LogP contribution in [0.1, 0.15) is 33.1 Å². The Hall–Kier alpha value is -4.00. The zero-order valence-corrected chi connectivity index (χ0v) is 18.1. The van der Waals surface area contributed by atoms with Crippen molar-refractivity contribution in [2.24, 2.45) is 0 Å². The third-order valence-corrected chi connectivity index (χ3v) is 5.50. The summed E-state index contributed by atoms with van der Waals surface area (Å²) in [7, 11) is 4.72. The number of hydrogen-bond acceptors (Lipinski definition) is 5. The molecule has 0 bridgehead atoms. The first-order valence-corrected chi connectivity index (χ1v) is 10.1. The molecule has 0 aromatic heterocycles. The van der Waals surface area contributed by atoms with Gasteiger partial charge in [0.2, 0.25) is 5.91 Å². The van der Waals surface area contributed by atoms with Gasteiger partial charge in [-0.3, -0.25) is 15.0 Å². The molecule has 1 N–H and O–H groups in total. The summed E-state index contributed by atoms with van der Waals surface area (Å²) in [6.45, 7) is 0. The van der Waals surface area contributed by atoms with Gasteiger partial charge < -0.3 is 14.2 Å². The number of ether oxygens (including phenoxy) is 3. The number of hydrogen-bond donors (Lipinski definition) is 1. The predicted octanol–water partition coefficient (Wildman–Crippen LogP) is 3.53. The van der Waals surface area contributed by atoms with E-state index in [1.165, 1.54) is 5.01 Å². The van der Waals surface area contributed by atoms with Gasteiger partial charge in [-0.15, -0.1) is 0 Å². The number of carbonyl (C=O) groups is 2. The van der Waals surface area contributed by atoms with E-state index in [0.717, 1.165) is 16.7 Å². The summed E-state index contributed by atoms with van der Waals surface area (Å²) in [5.74, 6) is 1.21. The van der Waals surface area contributed by atoms with Crippen molar-refractivity contribution < 1.29 is 23.8 Å². The van der Waals surface area contributed by atoms with Crippen LogP contribution in [-0.4, -0.2) is 38.2 Å². The molecule has 3 aromatic rings. The Balaban J connectivity index is 1.81. The summed E-state index contributed by atoms with van der Waals surface area (Å²) in [4.78, 5) is 26.1. The molecule has 7 nitrogen and oxygen atoms in total. The second-order valence-corrected chi connectivity index (χ2v) is 7.33. The minimum atomic E-state index is -0.551. The molecular weight excluding hydrogens is 408 g/mol. The zero-order chi connectivity index (χ0) is 22.7. The van der Waals surface area contributed by atoms with Crippen molar-refractivity contribution in [1.29, 1.82) is 0 Å². The topological polar surface area (TPSA) is 77.1 Å². The van der Waals surface area contributed by atoms with Crippen LogP contribution in [0.5, 0.6) is 17.2 Å². The molecule has 0 saturated heterocycles. The Labute approximate surface area is 186 Å². The lowest BCUT2D eigenvalue weighted by Crippen LogP contribution is -2.51. The van der Waals surface area contributed by atoms with Gasteiger partial charge in [-0.2, -0.15) is 0 Å². The van der Waals surface area contributed by atoms with Crippen molar-refractivity contribution in [3.63, 3.8) is 0 Å². The second kappa shape index (κ2) is 9.01. The zero-order valence-electron chi connectivity index (χ0n) is 18.1. The van der Waals surface area contributed by atoms with Gasteiger partial charge in [0.05, 0.1) is 27.8 Å². The maximum atomic E-state index is 13.2. The summed E-state index contributed by atoms with van der Waals surface area (Å²) in [5, 5.41) is 1.39. The minimum absolute atomic E-state index is 0.122. The smallest absolute Gasteiger partial charge is 0.269 e. The van der Waals surface area contributed by atoms with E-state index >= 15 is 0 Å². The van der Waals surface area contributed by atoms with Crippen molar-refractivity contribution in [2.45, 2.75) is 12.5 Å². The van der Waals surface area contributed by atoms with Crippen molar-refractivity contribution in [1.82, 2.24) is 10.4 Å². The molecule has 164 valence electrons. The van der Waals surface area contributed by atoms with Crippen molar-refractivity contribution in [3.8, 4) is 17.2 Å². The molecule has 0 saturated carbocycles. The number of carbonyl (C=O) groups excluding carboxylic acids is 2. The van der Waals surface area contributed by atoms with Gasteiger partial charge in [-0.25, -0.2) is 5.01 Å². The lowest BCUT2D eigenvalue weighted by molar-refractivity contribution is -0.136. The Morgan fingerprint density at radius 1 is 0.906 bits per heavy atom. The van der Waals surface area contributed by atoms with Gasteiger partial charge in [-0.05, 0) is 53.1 Å². The van der Waals surface area contributed by atoms with Crippen LogP contribution in [0.4, 0.5) is 0 Å². The molecule has 0 unspecified atom stereocenters. The number of amides is 2. The number of nitrogens with zero attached hydrogens (tertiary/aromatic N) is 1. The van der Waals surface area contributed by atoms with Gasteiger partial charge in [0.15, 0.2) is 11.5 Å². The Kier molecular flexibility index (Phi) is 5.98. The summed E-state index contributed by atoms with van der Waals surface area (Å²) in [6, 6.07) is 19.3. The molecule has 1 heterocycles. The Bertz CT molecular complexity index is 1130. The standard InChI is InChI=1S/C25H24N2O5/c1-30-19-11-9-16(10-12-19)24-20-15-22(32-3)21(31-2)13-18(20)14-23(28)27(24)26-25(29)17-7-5-4-6-8-17/h4-13,15,24H,14H2,1-3H3,(H,26,29)/t24-/m1/s1. The molecule has 7 heteroatoms. The normalized spacial score (nSPS) is 15.0. The second-order valence-electron chi connectivity index (χ2n) is 7.33. The number of nitrogens with one attached hydrogen (secondary N) is 1. The third-order valence-electron chi connectivity index (χ3n) is 5.50. The van der Waals surface area contributed by atoms with Gasteiger partial charge in [-0.1, -0.05) is 30.3 Å². The van der Waals surface area contributed by atoms with E-state index in [0.29, 0.717) is 22.8 Å². The first kappa shape index (κ1) is 21.2. The van der Waals surface area contributed by atoms with Crippen LogP contribution < -0.4 is 19.6 Å². The van der Waals surface area contributed by atoms with Gasteiger partial charge in [0, 0.05) is 5.56 Å². The summed E-state index contributed by atoms with van der Waals surface area (Å²) in [5.41, 5.74) is 5.76. The van der Waals surface area contributed by atoms with Crippen LogP contribution in [0, 0.1) is 0 Å². The molecule has 3 aromatic carbocycles. The number of methoxy groups -OCH3 is 3. The first-order valence-electron chi connectivity index (χ1n) is 10.1. The Morgan fingerprint density at radius 3 is 2.19 bits per heavy atom. The number of hydrazine groups is 1. The molecule has 32 heavy (non-hydrogen) atoms. The average Bonchev–Trinajstić information content (AvgIpc) is 2.84. The number of rotatable bonds is 6. The minimum Gasteiger partial charge on any atom is -0.497 e. The van der Waals surface area contributed by atoms with Crippen LogP contribution in [0.25, 0.3) is 0 Å². The average molecular weight is 432 g/mol. The van der Waals surface area contributed by atoms with Crippen molar-refractivity contribution >= 4 is 11.8 Å². The van der Waals surface area contributed by atoms with Gasteiger partial charge >= 0.3 is 0 Å². The molecule has 0 spiro atoms. The molecule has 2 amide bonds. The highest BCUT2D eigenvalue weighted by atomic mass is 16.5. The third kappa shape index (κ3) is 3.97. The van der Waals surface area contributed by atoms with E-state index in [1.54, 1.807) is 45.6 Å². The van der Waals surface area contributed by atoms with Crippen molar-refractivity contribution in [2.75, 3.05) is 21.3 Å². The number of benzene rings is 3. The van der Waals surface area contributed by atoms with Crippen LogP contribution in [0.2, 0.25) is 0 Å². The maximum Gasteiger partial charge on any atom is 0.269 e. The van der Waals surface area contributed by atoms with E-state index in [-0.39, 0.29) is 18.2 Å². The maximum absolute atomic E-state index is 13.2. The van der Waals surface area contributed by atoms with Crippen LogP contribution in [0.3, 0.4) is 0 Å². The van der Waals surface area contributed by atoms with Crippen LogP contribution in [0.15, 0.2) is 66.7 Å². The molecule has 1 atom stereocenters. The first-order chi connectivity index (χ1) is 15.5. The highest BCUT2D eigenvalue weighted by Gasteiger charge is 2.36. The monoisotopic (exact) mass is 432 g/mol. The van der Waals surface area contributed by atoms with E-state index in [1.807, 2.05) is 42.5 Å². The van der Waals surface area contributed by atoms with E-state index in [2.05, 4.69) is 5.43 Å². The molecular formula is C25H24N2O5. The molecule has 1 aliphatic heterocycles. The predicted molar refractivity (Wildman–Crippen MR) is 119 cm³/mol.